The average molecular weight is 272 g/mol. The van der Waals surface area contributed by atoms with Gasteiger partial charge in [-0.1, -0.05) is 6.42 Å². The number of benzene rings is 1. The molecule has 4 nitrogen and oxygen atoms in total. The van der Waals surface area contributed by atoms with Crippen molar-refractivity contribution in [3.05, 3.63) is 24.3 Å². The third kappa shape index (κ3) is 3.22. The third-order valence-electron chi connectivity index (χ3n) is 2.77. The molecule has 1 saturated heterocycles. The highest BCUT2D eigenvalue weighted by Gasteiger charge is 2.17. The van der Waals surface area contributed by atoms with E-state index in [2.05, 4.69) is 0 Å². The van der Waals surface area contributed by atoms with Crippen LogP contribution in [0.2, 0.25) is 0 Å². The van der Waals surface area contributed by atoms with Crippen molar-refractivity contribution >= 4 is 22.1 Å². The van der Waals surface area contributed by atoms with Crippen LogP contribution in [-0.2, 0) is 22.1 Å². The maximum absolute atomic E-state index is 12.2. The van der Waals surface area contributed by atoms with E-state index in [9.17, 15) is 13.0 Å². The Morgan fingerprint density at radius 1 is 0.941 bits per heavy atom. The molecule has 2 unspecified atom stereocenters. The van der Waals surface area contributed by atoms with Gasteiger partial charge in [0.1, 0.15) is 11.0 Å². The Bertz CT molecular complexity index is 427. The summed E-state index contributed by atoms with van der Waals surface area (Å²) in [6.45, 7) is 1.70. The van der Waals surface area contributed by atoms with Gasteiger partial charge >= 0.3 is 0 Å². The van der Waals surface area contributed by atoms with Crippen LogP contribution in [0.5, 0.6) is 0 Å². The largest absolute Gasteiger partial charge is 0.768 e. The lowest BCUT2D eigenvalue weighted by molar-refractivity contribution is 0.365. The molecule has 17 heavy (non-hydrogen) atoms. The number of rotatable bonds is 3. The monoisotopic (exact) mass is 272 g/mol. The molecular formula is C11H14NO3S2-. The second-order valence-electron chi connectivity index (χ2n) is 3.94. The second kappa shape index (κ2) is 5.86. The molecule has 6 heteroatoms. The van der Waals surface area contributed by atoms with E-state index >= 15 is 0 Å². The van der Waals surface area contributed by atoms with E-state index in [1.165, 1.54) is 18.6 Å². The van der Waals surface area contributed by atoms with Crippen LogP contribution in [0.25, 0.3) is 0 Å². The summed E-state index contributed by atoms with van der Waals surface area (Å²) in [5.41, 5.74) is 0. The Labute approximate surface area is 106 Å². The fourth-order valence-electron chi connectivity index (χ4n) is 1.85. The summed E-state index contributed by atoms with van der Waals surface area (Å²) in [5.74, 6) is 0. The van der Waals surface area contributed by atoms with Crippen molar-refractivity contribution in [2.45, 2.75) is 29.1 Å². The van der Waals surface area contributed by atoms with E-state index in [4.69, 9.17) is 0 Å². The smallest absolute Gasteiger partial charge is 0.127 e. The van der Waals surface area contributed by atoms with Crippen LogP contribution in [0.3, 0.4) is 0 Å². The molecule has 0 saturated carbocycles. The molecule has 0 bridgehead atoms. The van der Waals surface area contributed by atoms with Gasteiger partial charge < -0.3 is 4.55 Å². The zero-order valence-corrected chi connectivity index (χ0v) is 11.0. The van der Waals surface area contributed by atoms with Gasteiger partial charge in [0.25, 0.3) is 0 Å². The first-order chi connectivity index (χ1) is 8.18. The molecule has 2 rings (SSSR count). The lowest BCUT2D eigenvalue weighted by Gasteiger charge is -2.25. The van der Waals surface area contributed by atoms with Crippen molar-refractivity contribution in [2.24, 2.45) is 0 Å². The van der Waals surface area contributed by atoms with Gasteiger partial charge in [-0.25, -0.2) is 8.51 Å². The number of hydrogen-bond donors (Lipinski definition) is 0. The fraction of sp³-hybridized carbons (Fsp3) is 0.455. The molecule has 0 aliphatic carbocycles. The van der Waals surface area contributed by atoms with Gasteiger partial charge in [-0.15, -0.1) is 0 Å². The van der Waals surface area contributed by atoms with Crippen LogP contribution in [0.1, 0.15) is 19.3 Å². The zero-order valence-electron chi connectivity index (χ0n) is 9.33. The van der Waals surface area contributed by atoms with E-state index in [0.29, 0.717) is 4.90 Å². The van der Waals surface area contributed by atoms with E-state index in [0.717, 1.165) is 25.9 Å². The highest BCUT2D eigenvalue weighted by molar-refractivity contribution is 7.82. The topological polar surface area (TPSA) is 60.4 Å². The first-order valence-electron chi connectivity index (χ1n) is 5.54. The van der Waals surface area contributed by atoms with Crippen molar-refractivity contribution in [1.82, 2.24) is 4.31 Å². The Morgan fingerprint density at radius 3 is 2.00 bits per heavy atom. The summed E-state index contributed by atoms with van der Waals surface area (Å²) in [6, 6.07) is 6.21. The van der Waals surface area contributed by atoms with Gasteiger partial charge in [0, 0.05) is 18.0 Å². The standard InChI is InChI=1S/C11H15NO3S2/c13-16(12-8-2-1-3-9-12)10-4-6-11(7-5-10)17(14)15/h4-7H,1-3,8-9H2,(H,14,15)/p-1. The molecule has 1 aromatic rings. The van der Waals surface area contributed by atoms with E-state index in [1.54, 1.807) is 12.1 Å². The van der Waals surface area contributed by atoms with E-state index in [-0.39, 0.29) is 4.90 Å². The van der Waals surface area contributed by atoms with Crippen LogP contribution in [0.15, 0.2) is 34.1 Å². The fourth-order valence-corrected chi connectivity index (χ4v) is 3.46. The lowest BCUT2D eigenvalue weighted by atomic mass is 10.2. The highest BCUT2D eigenvalue weighted by Crippen LogP contribution is 2.18. The van der Waals surface area contributed by atoms with Crippen LogP contribution in [0, 0.1) is 0 Å². The molecule has 0 aromatic heterocycles. The zero-order chi connectivity index (χ0) is 12.3. The molecule has 1 heterocycles. The summed E-state index contributed by atoms with van der Waals surface area (Å²) in [6.07, 6.45) is 3.35. The van der Waals surface area contributed by atoms with Crippen LogP contribution < -0.4 is 0 Å². The summed E-state index contributed by atoms with van der Waals surface area (Å²) < 4.78 is 35.5. The molecule has 0 amide bonds. The Morgan fingerprint density at radius 2 is 1.47 bits per heavy atom. The summed E-state index contributed by atoms with van der Waals surface area (Å²) in [4.78, 5) is 0.894. The first kappa shape index (κ1) is 12.9. The Kier molecular flexibility index (Phi) is 4.44. The van der Waals surface area contributed by atoms with Gasteiger partial charge in [-0.3, -0.25) is 4.21 Å². The lowest BCUT2D eigenvalue weighted by Crippen LogP contribution is -2.31. The molecule has 1 aromatic carbocycles. The van der Waals surface area contributed by atoms with Gasteiger partial charge in [-0.05, 0) is 48.2 Å². The second-order valence-corrected chi connectivity index (χ2v) is 6.37. The summed E-state index contributed by atoms with van der Waals surface area (Å²) in [7, 11) is -1.16. The Hall–Kier alpha value is -0.560. The molecule has 0 radical (unpaired) electrons. The van der Waals surface area contributed by atoms with Crippen molar-refractivity contribution < 1.29 is 13.0 Å². The van der Waals surface area contributed by atoms with Crippen LogP contribution in [-0.4, -0.2) is 30.4 Å². The maximum atomic E-state index is 12.2. The number of nitrogens with zero attached hydrogens (tertiary/aromatic N) is 1. The average Bonchev–Trinajstić information content (AvgIpc) is 2.39. The molecule has 1 fully saturated rings. The number of hydrogen-bond acceptors (Lipinski definition) is 3. The van der Waals surface area contributed by atoms with Crippen molar-refractivity contribution in [1.29, 1.82) is 0 Å². The number of piperidine rings is 1. The third-order valence-corrected chi connectivity index (χ3v) is 4.93. The minimum absolute atomic E-state index is 0.226. The maximum Gasteiger partial charge on any atom is 0.127 e. The molecular weight excluding hydrogens is 258 g/mol. The molecule has 94 valence electrons. The van der Waals surface area contributed by atoms with E-state index in [1.807, 2.05) is 4.31 Å². The first-order valence-corrected chi connectivity index (χ1v) is 7.73. The van der Waals surface area contributed by atoms with Crippen LogP contribution in [0.4, 0.5) is 0 Å². The van der Waals surface area contributed by atoms with Gasteiger partial charge in [0.15, 0.2) is 0 Å². The van der Waals surface area contributed by atoms with Gasteiger partial charge in [-0.2, -0.15) is 0 Å². The van der Waals surface area contributed by atoms with Crippen molar-refractivity contribution in [3.8, 4) is 0 Å². The molecule has 0 spiro atoms. The minimum atomic E-state index is -2.22. The quantitative estimate of drug-likeness (QED) is 0.782. The molecule has 0 N–H and O–H groups in total. The minimum Gasteiger partial charge on any atom is -0.768 e. The van der Waals surface area contributed by atoms with Gasteiger partial charge in [0.05, 0.1) is 4.90 Å². The normalized spacial score (nSPS) is 21.0. The van der Waals surface area contributed by atoms with Gasteiger partial charge in [0.2, 0.25) is 0 Å². The molecule has 2 atom stereocenters. The van der Waals surface area contributed by atoms with Crippen LogP contribution >= 0.6 is 0 Å². The van der Waals surface area contributed by atoms with Crippen molar-refractivity contribution in [3.63, 3.8) is 0 Å². The van der Waals surface area contributed by atoms with E-state index < -0.39 is 22.1 Å². The summed E-state index contributed by atoms with van der Waals surface area (Å²) in [5, 5.41) is 0. The SMILES string of the molecule is O=S([O-])c1ccc(S(=O)N2CCCCC2)cc1. The molecule has 1 aliphatic rings. The summed E-state index contributed by atoms with van der Waals surface area (Å²) >= 11 is -2.22. The molecule has 1 aliphatic heterocycles. The van der Waals surface area contributed by atoms with Crippen molar-refractivity contribution in [2.75, 3.05) is 13.1 Å². The highest BCUT2D eigenvalue weighted by atomic mass is 32.2. The Balaban J connectivity index is 2.10. The predicted molar refractivity (Wildman–Crippen MR) is 65.5 cm³/mol. The predicted octanol–water partition coefficient (Wildman–Crippen LogP) is 1.43.